The lowest BCUT2D eigenvalue weighted by Crippen LogP contribution is -2.17. The van der Waals surface area contributed by atoms with Crippen molar-refractivity contribution in [3.63, 3.8) is 0 Å². The summed E-state index contributed by atoms with van der Waals surface area (Å²) in [6, 6.07) is 0. The molecule has 0 rings (SSSR count). The number of hydrogen-bond acceptors (Lipinski definition) is 2. The average Bonchev–Trinajstić information content (AvgIpc) is 1.72. The topological polar surface area (TPSA) is 29.5 Å². The third-order valence-electron chi connectivity index (χ3n) is 0.709. The van der Waals surface area contributed by atoms with Crippen molar-refractivity contribution in [2.75, 3.05) is 20.4 Å². The van der Waals surface area contributed by atoms with E-state index in [1.807, 2.05) is 0 Å². The lowest BCUT2D eigenvalue weighted by atomic mass is 10.4. The van der Waals surface area contributed by atoms with Crippen LogP contribution in [0.4, 0.5) is 4.39 Å². The zero-order valence-corrected chi connectivity index (χ0v) is 4.22. The molecule has 1 atom stereocenters. The second kappa shape index (κ2) is 4.02. The first-order chi connectivity index (χ1) is 3.35. The molecule has 0 spiro atoms. The molecule has 0 aromatic rings. The number of rotatable bonds is 3. The maximum Gasteiger partial charge on any atom is 0.118 e. The van der Waals surface area contributed by atoms with Crippen LogP contribution in [0.25, 0.3) is 0 Å². The number of alkyl halides is 1. The molecule has 0 aromatic carbocycles. The quantitative estimate of drug-likeness (QED) is 0.549. The molecule has 0 aromatic heterocycles. The number of ether oxygens (including phenoxy) is 1. The van der Waals surface area contributed by atoms with Gasteiger partial charge in [-0.25, -0.2) is 4.39 Å². The Balaban J connectivity index is 2.99. The van der Waals surface area contributed by atoms with Crippen LogP contribution in [-0.4, -0.2) is 31.6 Å². The van der Waals surface area contributed by atoms with Crippen LogP contribution in [0.2, 0.25) is 0 Å². The Bertz CT molecular complexity index is 31.2. The molecule has 3 heteroatoms. The Morgan fingerprint density at radius 3 is 2.43 bits per heavy atom. The lowest BCUT2D eigenvalue weighted by Gasteiger charge is -2.03. The highest BCUT2D eigenvalue weighted by molar-refractivity contribution is 4.48. The maximum absolute atomic E-state index is 11.4. The van der Waals surface area contributed by atoms with Crippen LogP contribution >= 0.6 is 0 Å². The Hall–Kier alpha value is -0.150. The van der Waals surface area contributed by atoms with Crippen LogP contribution in [0.15, 0.2) is 0 Å². The molecule has 0 radical (unpaired) electrons. The predicted molar refractivity (Wildman–Crippen MR) is 23.9 cm³/mol. The van der Waals surface area contributed by atoms with E-state index >= 15 is 0 Å². The molecule has 0 saturated heterocycles. The van der Waals surface area contributed by atoms with Gasteiger partial charge in [-0.3, -0.25) is 0 Å². The molecule has 7 heavy (non-hydrogen) atoms. The zero-order valence-electron chi connectivity index (χ0n) is 4.22. The Labute approximate surface area is 41.9 Å². The highest BCUT2D eigenvalue weighted by Gasteiger charge is 2.00. The van der Waals surface area contributed by atoms with Crippen LogP contribution in [-0.2, 0) is 4.74 Å². The first-order valence-corrected chi connectivity index (χ1v) is 2.04. The van der Waals surface area contributed by atoms with Crippen LogP contribution in [0.3, 0.4) is 0 Å². The molecule has 0 saturated carbocycles. The van der Waals surface area contributed by atoms with Gasteiger partial charge >= 0.3 is 0 Å². The second-order valence-corrected chi connectivity index (χ2v) is 1.19. The number of aliphatic hydroxyl groups is 1. The summed E-state index contributed by atoms with van der Waals surface area (Å²) in [6.07, 6.45) is -0.625. The summed E-state index contributed by atoms with van der Waals surface area (Å²) in [5.41, 5.74) is 0. The van der Waals surface area contributed by atoms with Crippen molar-refractivity contribution >= 4 is 0 Å². The van der Waals surface area contributed by atoms with Crippen molar-refractivity contribution in [2.45, 2.75) is 6.10 Å². The molecule has 0 fully saturated rings. The summed E-state index contributed by atoms with van der Waals surface area (Å²) in [7, 11) is 1.36. The number of aliphatic hydroxyl groups excluding tert-OH is 1. The summed E-state index contributed by atoms with van der Waals surface area (Å²) < 4.78 is 15.8. The minimum Gasteiger partial charge on any atom is -0.394 e. The Kier molecular flexibility index (Phi) is 3.93. The molecule has 0 bridgehead atoms. The van der Waals surface area contributed by atoms with Gasteiger partial charge in [0, 0.05) is 7.11 Å². The summed E-state index contributed by atoms with van der Waals surface area (Å²) in [5, 5.41) is 8.16. The van der Waals surface area contributed by atoms with E-state index in [1.54, 1.807) is 0 Å². The second-order valence-electron chi connectivity index (χ2n) is 1.19. The highest BCUT2D eigenvalue weighted by Crippen LogP contribution is 1.86. The first kappa shape index (κ1) is 6.85. The predicted octanol–water partition coefficient (Wildman–Crippen LogP) is -0.0368. The molecule has 0 aliphatic carbocycles. The van der Waals surface area contributed by atoms with Crippen molar-refractivity contribution in [2.24, 2.45) is 0 Å². The van der Waals surface area contributed by atoms with E-state index in [1.165, 1.54) is 7.11 Å². The van der Waals surface area contributed by atoms with E-state index in [2.05, 4.69) is 4.74 Å². The van der Waals surface area contributed by atoms with Gasteiger partial charge in [-0.2, -0.15) is 0 Å². The normalized spacial score (nSPS) is 14.1. The van der Waals surface area contributed by atoms with Gasteiger partial charge in [-0.15, -0.1) is 0 Å². The molecule has 44 valence electrons. The zero-order chi connectivity index (χ0) is 5.70. The van der Waals surface area contributed by atoms with Gasteiger partial charge in [-0.05, 0) is 0 Å². The molecular formula is C4H9FO2. The smallest absolute Gasteiger partial charge is 0.118 e. The summed E-state index contributed by atoms with van der Waals surface area (Å²) in [5.74, 6) is 0. The fraction of sp³-hybridized carbons (Fsp3) is 1.00. The first-order valence-electron chi connectivity index (χ1n) is 2.04. The molecule has 0 aliphatic rings. The third kappa shape index (κ3) is 2.53. The van der Waals surface area contributed by atoms with Gasteiger partial charge in [0.25, 0.3) is 0 Å². The molecule has 0 amide bonds. The minimum absolute atomic E-state index is 0.243. The molecule has 0 heterocycles. The van der Waals surface area contributed by atoms with Gasteiger partial charge in [0.05, 0.1) is 6.61 Å². The van der Waals surface area contributed by atoms with Gasteiger partial charge in [0.1, 0.15) is 12.8 Å². The SMILES string of the molecule is COC(CO)CF. The number of hydrogen-bond donors (Lipinski definition) is 1. The van der Waals surface area contributed by atoms with Crippen LogP contribution in [0.1, 0.15) is 0 Å². The van der Waals surface area contributed by atoms with Crippen molar-refractivity contribution in [1.29, 1.82) is 0 Å². The van der Waals surface area contributed by atoms with Crippen LogP contribution < -0.4 is 0 Å². The monoisotopic (exact) mass is 108 g/mol. The van der Waals surface area contributed by atoms with E-state index in [-0.39, 0.29) is 6.61 Å². The van der Waals surface area contributed by atoms with E-state index in [9.17, 15) is 4.39 Å². The fourth-order valence-electron chi connectivity index (χ4n) is 0.186. The standard InChI is InChI=1S/C4H9FO2/c1-7-4(2-5)3-6/h4,6H,2-3H2,1H3. The van der Waals surface area contributed by atoms with E-state index < -0.39 is 12.8 Å². The van der Waals surface area contributed by atoms with E-state index in [0.717, 1.165) is 0 Å². The average molecular weight is 108 g/mol. The fourth-order valence-corrected chi connectivity index (χ4v) is 0.186. The minimum atomic E-state index is -0.625. The van der Waals surface area contributed by atoms with Crippen molar-refractivity contribution in [3.05, 3.63) is 0 Å². The molecular weight excluding hydrogens is 99.0 g/mol. The van der Waals surface area contributed by atoms with Crippen LogP contribution in [0.5, 0.6) is 0 Å². The molecule has 2 nitrogen and oxygen atoms in total. The lowest BCUT2D eigenvalue weighted by molar-refractivity contribution is 0.0320. The Morgan fingerprint density at radius 1 is 1.86 bits per heavy atom. The summed E-state index contributed by atoms with van der Waals surface area (Å²) >= 11 is 0. The van der Waals surface area contributed by atoms with Crippen molar-refractivity contribution in [3.8, 4) is 0 Å². The summed E-state index contributed by atoms with van der Waals surface area (Å²) in [6.45, 7) is -0.861. The summed E-state index contributed by atoms with van der Waals surface area (Å²) in [4.78, 5) is 0. The van der Waals surface area contributed by atoms with Crippen molar-refractivity contribution < 1.29 is 14.2 Å². The number of methoxy groups -OCH3 is 1. The largest absolute Gasteiger partial charge is 0.394 e. The highest BCUT2D eigenvalue weighted by atomic mass is 19.1. The van der Waals surface area contributed by atoms with Gasteiger partial charge in [-0.1, -0.05) is 0 Å². The van der Waals surface area contributed by atoms with Crippen LogP contribution in [0, 0.1) is 0 Å². The molecule has 1 unspecified atom stereocenters. The maximum atomic E-state index is 11.4. The van der Waals surface area contributed by atoms with E-state index in [0.29, 0.717) is 0 Å². The molecule has 1 N–H and O–H groups in total. The van der Waals surface area contributed by atoms with Gasteiger partial charge < -0.3 is 9.84 Å². The Morgan fingerprint density at radius 2 is 2.43 bits per heavy atom. The third-order valence-corrected chi connectivity index (χ3v) is 0.709. The van der Waals surface area contributed by atoms with Gasteiger partial charge in [0.2, 0.25) is 0 Å². The number of halogens is 1. The van der Waals surface area contributed by atoms with Crippen molar-refractivity contribution in [1.82, 2.24) is 0 Å². The molecule has 0 aliphatic heterocycles. The van der Waals surface area contributed by atoms with Gasteiger partial charge in [0.15, 0.2) is 0 Å². The van der Waals surface area contributed by atoms with E-state index in [4.69, 9.17) is 5.11 Å².